The van der Waals surface area contributed by atoms with Crippen LogP contribution in [0.3, 0.4) is 0 Å². The third kappa shape index (κ3) is 2.29. The van der Waals surface area contributed by atoms with Crippen LogP contribution < -0.4 is 0 Å². The van der Waals surface area contributed by atoms with E-state index in [-0.39, 0.29) is 29.9 Å². The Morgan fingerprint density at radius 1 is 1.37 bits per heavy atom. The summed E-state index contributed by atoms with van der Waals surface area (Å²) in [6, 6.07) is 1.89. The van der Waals surface area contributed by atoms with Crippen molar-refractivity contribution in [2.45, 2.75) is 51.9 Å². The maximum Gasteiger partial charge on any atom is 0.339 e. The molecule has 0 N–H and O–H groups in total. The molecule has 5 atom stereocenters. The van der Waals surface area contributed by atoms with Crippen molar-refractivity contribution >= 4 is 11.9 Å². The zero-order chi connectivity index (χ0) is 18.8. The third-order valence-corrected chi connectivity index (χ3v) is 6.66. The van der Waals surface area contributed by atoms with Gasteiger partial charge < -0.3 is 18.6 Å². The van der Waals surface area contributed by atoms with Crippen LogP contribution in [-0.2, 0) is 23.8 Å². The molecule has 3 heterocycles. The van der Waals surface area contributed by atoms with E-state index in [1.54, 1.807) is 12.5 Å². The molecule has 5 rings (SSSR count). The van der Waals surface area contributed by atoms with Gasteiger partial charge >= 0.3 is 11.9 Å². The Bertz CT molecular complexity index is 863. The summed E-state index contributed by atoms with van der Waals surface area (Å²) >= 11 is 0. The van der Waals surface area contributed by atoms with Crippen molar-refractivity contribution in [2.75, 3.05) is 0 Å². The number of rotatable bonds is 2. The lowest BCUT2D eigenvalue weighted by Gasteiger charge is -2.47. The maximum atomic E-state index is 12.3. The second-order valence-electron chi connectivity index (χ2n) is 7.99. The molecule has 2 unspecified atom stereocenters. The van der Waals surface area contributed by atoms with Crippen molar-refractivity contribution in [1.29, 1.82) is 0 Å². The molecule has 1 fully saturated rings. The molecule has 4 aliphatic rings. The van der Waals surface area contributed by atoms with Gasteiger partial charge in [0.1, 0.15) is 5.76 Å². The van der Waals surface area contributed by atoms with Crippen LogP contribution in [0.5, 0.6) is 0 Å². The fraction of sp³-hybridized carbons (Fsp3) is 0.524. The van der Waals surface area contributed by atoms with Gasteiger partial charge in [0, 0.05) is 35.0 Å². The summed E-state index contributed by atoms with van der Waals surface area (Å²) in [5, 5.41) is 0. The molecule has 1 spiro atoms. The number of esters is 2. The molecule has 1 saturated heterocycles. The van der Waals surface area contributed by atoms with Crippen LogP contribution in [0.4, 0.5) is 0 Å². The molecule has 142 valence electrons. The van der Waals surface area contributed by atoms with E-state index in [1.165, 1.54) is 6.92 Å². The van der Waals surface area contributed by atoms with E-state index in [1.807, 2.05) is 12.1 Å². The molecule has 0 bridgehead atoms. The summed E-state index contributed by atoms with van der Waals surface area (Å²) in [6.07, 6.45) is 7.72. The Morgan fingerprint density at radius 2 is 2.22 bits per heavy atom. The molecular weight excluding hydrogens is 348 g/mol. The molecule has 0 aromatic carbocycles. The van der Waals surface area contributed by atoms with Gasteiger partial charge in [-0.15, -0.1) is 0 Å². The van der Waals surface area contributed by atoms with Crippen LogP contribution in [0, 0.1) is 17.3 Å². The smallest absolute Gasteiger partial charge is 0.339 e. The van der Waals surface area contributed by atoms with Crippen molar-refractivity contribution in [3.8, 4) is 0 Å². The van der Waals surface area contributed by atoms with Crippen molar-refractivity contribution in [2.24, 2.45) is 17.3 Å². The Labute approximate surface area is 157 Å². The maximum absolute atomic E-state index is 12.3. The van der Waals surface area contributed by atoms with E-state index in [2.05, 4.69) is 6.92 Å². The summed E-state index contributed by atoms with van der Waals surface area (Å²) in [5.41, 5.74) is 2.32. The highest BCUT2D eigenvalue weighted by Crippen LogP contribution is 2.63. The minimum atomic E-state index is -0.671. The highest BCUT2D eigenvalue weighted by atomic mass is 16.7. The number of carbonyl (C=O) groups is 2. The van der Waals surface area contributed by atoms with Gasteiger partial charge in [-0.2, -0.15) is 0 Å². The second-order valence-corrected chi connectivity index (χ2v) is 7.99. The Balaban J connectivity index is 1.63. The fourth-order valence-corrected chi connectivity index (χ4v) is 5.47. The lowest BCUT2D eigenvalue weighted by Crippen LogP contribution is -2.48. The molecule has 1 aromatic heterocycles. The number of carbonyl (C=O) groups excluding carboxylic acids is 2. The zero-order valence-electron chi connectivity index (χ0n) is 15.4. The first-order valence-corrected chi connectivity index (χ1v) is 9.53. The summed E-state index contributed by atoms with van der Waals surface area (Å²) in [6.45, 7) is 3.51. The quantitative estimate of drug-likeness (QED) is 0.737. The van der Waals surface area contributed by atoms with Crippen LogP contribution in [0.2, 0.25) is 0 Å². The summed E-state index contributed by atoms with van der Waals surface area (Å²) in [7, 11) is 0. The fourth-order valence-electron chi connectivity index (χ4n) is 5.47. The van der Waals surface area contributed by atoms with Gasteiger partial charge in [0.05, 0.1) is 18.6 Å². The molecule has 0 radical (unpaired) electrons. The van der Waals surface area contributed by atoms with Crippen molar-refractivity contribution < 1.29 is 28.2 Å². The molecule has 0 saturated carbocycles. The molecule has 1 aromatic rings. The first kappa shape index (κ1) is 16.8. The van der Waals surface area contributed by atoms with E-state index in [4.69, 9.17) is 18.6 Å². The van der Waals surface area contributed by atoms with E-state index >= 15 is 0 Å². The minimum absolute atomic E-state index is 0.0350. The number of fused-ring (bicyclic) bond motifs is 1. The van der Waals surface area contributed by atoms with Crippen molar-refractivity contribution in [1.82, 2.24) is 0 Å². The second kappa shape index (κ2) is 5.83. The van der Waals surface area contributed by atoms with Crippen LogP contribution in [0.25, 0.3) is 0 Å². The summed E-state index contributed by atoms with van der Waals surface area (Å²) < 4.78 is 22.8. The standard InChI is InChI=1S/C21H22O6/c1-11-8-16-18-14(19(23)26-16)4-3-5-15(18)21(11)9-17(13-6-7-24-10-13)27-20(21)25-12(2)22/h6-8,10-11,15,17,20H,3-5,9H2,1-2H3/t11-,15?,17+,20-,21?/m1/s1. The number of hydrogen-bond acceptors (Lipinski definition) is 6. The number of furan rings is 1. The van der Waals surface area contributed by atoms with Gasteiger partial charge in [-0.3, -0.25) is 4.79 Å². The highest BCUT2D eigenvalue weighted by Gasteiger charge is 2.62. The minimum Gasteiger partial charge on any atom is -0.472 e. The molecular formula is C21H22O6. The van der Waals surface area contributed by atoms with Gasteiger partial charge in [0.2, 0.25) is 6.29 Å². The van der Waals surface area contributed by atoms with Gasteiger partial charge in [-0.05, 0) is 43.7 Å². The first-order chi connectivity index (χ1) is 13.0. The van der Waals surface area contributed by atoms with Crippen molar-refractivity contribution in [3.05, 3.63) is 47.1 Å². The molecule has 6 heteroatoms. The van der Waals surface area contributed by atoms with Crippen LogP contribution in [-0.4, -0.2) is 18.2 Å². The topological polar surface area (TPSA) is 75.0 Å². The molecule has 0 amide bonds. The molecule has 2 aliphatic heterocycles. The third-order valence-electron chi connectivity index (χ3n) is 6.66. The molecule has 2 aliphatic carbocycles. The summed E-state index contributed by atoms with van der Waals surface area (Å²) in [4.78, 5) is 24.2. The number of hydrogen-bond donors (Lipinski definition) is 0. The zero-order valence-corrected chi connectivity index (χ0v) is 15.4. The van der Waals surface area contributed by atoms with E-state index < -0.39 is 11.7 Å². The van der Waals surface area contributed by atoms with E-state index in [0.29, 0.717) is 12.2 Å². The van der Waals surface area contributed by atoms with Crippen molar-refractivity contribution in [3.63, 3.8) is 0 Å². The molecule has 6 nitrogen and oxygen atoms in total. The van der Waals surface area contributed by atoms with Gasteiger partial charge in [-0.1, -0.05) is 6.92 Å². The number of allylic oxidation sites excluding steroid dienone is 2. The Morgan fingerprint density at radius 3 is 2.96 bits per heavy atom. The van der Waals surface area contributed by atoms with Gasteiger partial charge in [-0.25, -0.2) is 4.79 Å². The van der Waals surface area contributed by atoms with Crippen LogP contribution >= 0.6 is 0 Å². The van der Waals surface area contributed by atoms with Gasteiger partial charge in [0.15, 0.2) is 0 Å². The average Bonchev–Trinajstić information content (AvgIpc) is 3.33. The Hall–Kier alpha value is -2.34. The molecule has 27 heavy (non-hydrogen) atoms. The van der Waals surface area contributed by atoms with Gasteiger partial charge in [0.25, 0.3) is 0 Å². The lowest BCUT2D eigenvalue weighted by molar-refractivity contribution is -0.202. The summed E-state index contributed by atoms with van der Waals surface area (Å²) in [5.74, 6) is 0.223. The predicted molar refractivity (Wildman–Crippen MR) is 92.8 cm³/mol. The van der Waals surface area contributed by atoms with E-state index in [9.17, 15) is 9.59 Å². The normalized spacial score (nSPS) is 37.3. The average molecular weight is 370 g/mol. The first-order valence-electron chi connectivity index (χ1n) is 9.53. The largest absolute Gasteiger partial charge is 0.472 e. The Kier molecular flexibility index (Phi) is 3.63. The highest BCUT2D eigenvalue weighted by molar-refractivity contribution is 5.95. The van der Waals surface area contributed by atoms with E-state index in [0.717, 1.165) is 36.0 Å². The number of ether oxygens (including phenoxy) is 3. The predicted octanol–water partition coefficient (Wildman–Crippen LogP) is 3.80. The van der Waals surface area contributed by atoms with Crippen LogP contribution in [0.15, 0.2) is 46.0 Å². The SMILES string of the molecule is CC(=O)O[C@@H]1O[C@H](c2ccoc2)CC12C1CCCC3=C1C(=C[C@H]2C)OC3=O. The monoisotopic (exact) mass is 370 g/mol. The van der Waals surface area contributed by atoms with Crippen LogP contribution in [0.1, 0.15) is 51.2 Å². The lowest BCUT2D eigenvalue weighted by atomic mass is 9.56.